The van der Waals surface area contributed by atoms with Gasteiger partial charge in [-0.2, -0.15) is 0 Å². The van der Waals surface area contributed by atoms with Gasteiger partial charge in [0.2, 0.25) is 0 Å². The summed E-state index contributed by atoms with van der Waals surface area (Å²) in [6.07, 6.45) is 3.93. The van der Waals surface area contributed by atoms with Gasteiger partial charge in [-0.15, -0.1) is 0 Å². The summed E-state index contributed by atoms with van der Waals surface area (Å²) in [6.45, 7) is 11.5. The molecule has 2 aromatic rings. The molecule has 4 heterocycles. The summed E-state index contributed by atoms with van der Waals surface area (Å²) in [5.74, 6) is 1.35. The van der Waals surface area contributed by atoms with E-state index in [1.807, 2.05) is 38.1 Å². The second-order valence-corrected chi connectivity index (χ2v) is 10.3. The first-order valence-corrected chi connectivity index (χ1v) is 13.0. The van der Waals surface area contributed by atoms with Crippen molar-refractivity contribution in [2.75, 3.05) is 24.0 Å². The van der Waals surface area contributed by atoms with Crippen molar-refractivity contribution in [1.29, 1.82) is 0 Å². The Morgan fingerprint density at radius 1 is 0.900 bits per heavy atom. The van der Waals surface area contributed by atoms with E-state index in [-0.39, 0.29) is 23.3 Å². The van der Waals surface area contributed by atoms with Crippen molar-refractivity contribution in [2.24, 2.45) is 5.92 Å². The van der Waals surface area contributed by atoms with Gasteiger partial charge in [0.05, 0.1) is 25.4 Å². The third-order valence-corrected chi connectivity index (χ3v) is 6.39. The molecule has 2 aromatic heterocycles. The summed E-state index contributed by atoms with van der Waals surface area (Å²) in [6, 6.07) is 7.38. The van der Waals surface area contributed by atoms with Gasteiger partial charge in [0.15, 0.2) is 24.0 Å². The SMILES string of the molecule is COC1=C(C)C(=O)N(c2cc(C=C(C)C)ccn2)C1O.COC1=C(C)C(=O)N(c2cc(CC(C)C)ccn2)C1O. The molecule has 2 N–H and O–H groups in total. The maximum absolute atomic E-state index is 12.2. The second kappa shape index (κ2) is 12.9. The number of hydrogen-bond donors (Lipinski definition) is 2. The van der Waals surface area contributed by atoms with Crippen LogP contribution in [0.3, 0.4) is 0 Å². The number of aliphatic hydroxyl groups is 2. The number of amides is 2. The number of rotatable bonds is 7. The monoisotopic (exact) mass is 550 g/mol. The molecule has 0 saturated heterocycles. The molecule has 0 aliphatic carbocycles. The lowest BCUT2D eigenvalue weighted by molar-refractivity contribution is -0.116. The van der Waals surface area contributed by atoms with Gasteiger partial charge in [0.1, 0.15) is 11.6 Å². The van der Waals surface area contributed by atoms with Gasteiger partial charge >= 0.3 is 0 Å². The Morgan fingerprint density at radius 2 is 1.38 bits per heavy atom. The fourth-order valence-electron chi connectivity index (χ4n) is 4.57. The molecule has 10 heteroatoms. The smallest absolute Gasteiger partial charge is 0.261 e. The predicted octanol–water partition coefficient (Wildman–Crippen LogP) is 3.96. The van der Waals surface area contributed by atoms with Crippen LogP contribution in [0.4, 0.5) is 11.6 Å². The summed E-state index contributed by atoms with van der Waals surface area (Å²) in [4.78, 5) is 35.3. The van der Waals surface area contributed by atoms with Gasteiger partial charge in [0.25, 0.3) is 11.8 Å². The average Bonchev–Trinajstić information content (AvgIpc) is 3.24. The van der Waals surface area contributed by atoms with Crippen molar-refractivity contribution in [3.63, 3.8) is 0 Å². The zero-order valence-corrected chi connectivity index (χ0v) is 24.3. The number of anilines is 2. The van der Waals surface area contributed by atoms with E-state index in [9.17, 15) is 19.8 Å². The van der Waals surface area contributed by atoms with Crippen LogP contribution < -0.4 is 9.80 Å². The molecule has 40 heavy (non-hydrogen) atoms. The molecule has 10 nitrogen and oxygen atoms in total. The molecule has 2 unspecified atom stereocenters. The number of hydrogen-bond acceptors (Lipinski definition) is 8. The zero-order valence-electron chi connectivity index (χ0n) is 24.3. The van der Waals surface area contributed by atoms with E-state index in [4.69, 9.17) is 9.47 Å². The predicted molar refractivity (Wildman–Crippen MR) is 153 cm³/mol. The first-order chi connectivity index (χ1) is 18.9. The van der Waals surface area contributed by atoms with Crippen LogP contribution in [-0.4, -0.2) is 58.7 Å². The molecule has 2 aliphatic rings. The van der Waals surface area contributed by atoms with Crippen molar-refractivity contribution < 1.29 is 29.3 Å². The van der Waals surface area contributed by atoms with Crippen molar-refractivity contribution in [2.45, 2.75) is 60.4 Å². The minimum absolute atomic E-state index is 0.268. The molecular weight excluding hydrogens is 512 g/mol. The van der Waals surface area contributed by atoms with Crippen molar-refractivity contribution in [3.05, 3.63) is 76.0 Å². The molecule has 2 atom stereocenters. The van der Waals surface area contributed by atoms with Crippen LogP contribution in [0.1, 0.15) is 52.7 Å². The summed E-state index contributed by atoms with van der Waals surface area (Å²) in [5.41, 5.74) is 3.97. The Labute approximate surface area is 235 Å². The number of carbonyl (C=O) groups excluding carboxylic acids is 2. The van der Waals surface area contributed by atoms with Crippen LogP contribution in [0.2, 0.25) is 0 Å². The quantitative estimate of drug-likeness (QED) is 0.531. The number of allylic oxidation sites excluding steroid dienone is 1. The van der Waals surface area contributed by atoms with Crippen LogP contribution in [-0.2, 0) is 25.5 Å². The van der Waals surface area contributed by atoms with E-state index in [2.05, 4.69) is 23.8 Å². The highest BCUT2D eigenvalue weighted by Gasteiger charge is 2.39. The zero-order chi connectivity index (χ0) is 29.7. The van der Waals surface area contributed by atoms with Gasteiger partial charge in [0, 0.05) is 12.4 Å². The lowest BCUT2D eigenvalue weighted by Crippen LogP contribution is -2.36. The minimum Gasteiger partial charge on any atom is -0.496 e. The van der Waals surface area contributed by atoms with E-state index in [1.54, 1.807) is 32.3 Å². The number of ether oxygens (including phenoxy) is 2. The topological polar surface area (TPSA) is 125 Å². The summed E-state index contributed by atoms with van der Waals surface area (Å²) in [7, 11) is 2.88. The van der Waals surface area contributed by atoms with Crippen LogP contribution in [0.25, 0.3) is 6.08 Å². The Kier molecular flexibility index (Phi) is 9.83. The van der Waals surface area contributed by atoms with E-state index < -0.39 is 12.5 Å². The highest BCUT2D eigenvalue weighted by atomic mass is 16.5. The second-order valence-electron chi connectivity index (χ2n) is 10.3. The summed E-state index contributed by atoms with van der Waals surface area (Å²) < 4.78 is 10.2. The Hall–Kier alpha value is -4.02. The van der Waals surface area contributed by atoms with Crippen LogP contribution >= 0.6 is 0 Å². The molecule has 0 bridgehead atoms. The summed E-state index contributed by atoms with van der Waals surface area (Å²) >= 11 is 0. The number of methoxy groups -OCH3 is 2. The molecule has 2 aliphatic heterocycles. The Bertz CT molecular complexity index is 1360. The van der Waals surface area contributed by atoms with E-state index in [1.165, 1.54) is 24.0 Å². The van der Waals surface area contributed by atoms with E-state index in [0.29, 0.717) is 28.7 Å². The fraction of sp³-hybridized carbons (Fsp3) is 0.400. The van der Waals surface area contributed by atoms with Crippen molar-refractivity contribution in [1.82, 2.24) is 9.97 Å². The van der Waals surface area contributed by atoms with E-state index in [0.717, 1.165) is 23.1 Å². The maximum Gasteiger partial charge on any atom is 0.261 e. The third-order valence-electron chi connectivity index (χ3n) is 6.39. The summed E-state index contributed by atoms with van der Waals surface area (Å²) in [5, 5.41) is 20.4. The van der Waals surface area contributed by atoms with Crippen LogP contribution in [0.15, 0.2) is 64.9 Å². The van der Waals surface area contributed by atoms with Gasteiger partial charge in [-0.05, 0) is 75.4 Å². The average molecular weight is 551 g/mol. The molecule has 2 amide bonds. The highest BCUT2D eigenvalue weighted by Crippen LogP contribution is 2.30. The lowest BCUT2D eigenvalue weighted by atomic mass is 10.0. The first-order valence-electron chi connectivity index (χ1n) is 13.0. The van der Waals surface area contributed by atoms with Gasteiger partial charge in [-0.1, -0.05) is 25.5 Å². The van der Waals surface area contributed by atoms with Gasteiger partial charge in [-0.3, -0.25) is 19.4 Å². The van der Waals surface area contributed by atoms with Crippen LogP contribution in [0, 0.1) is 5.92 Å². The van der Waals surface area contributed by atoms with Crippen molar-refractivity contribution in [3.8, 4) is 0 Å². The Morgan fingerprint density at radius 3 is 1.80 bits per heavy atom. The fourth-order valence-corrected chi connectivity index (χ4v) is 4.57. The molecule has 0 fully saturated rings. The number of aromatic nitrogens is 2. The standard InChI is InChI=1S/C15H20N2O3.C15H18N2O3/c2*1-9(2)7-11-5-6-16-12(8-11)17-14(18)10(3)13(20-4)15(17)19/h5-6,8-9,15,19H,7H2,1-4H3;5-8,15,19H,1-4H3. The normalized spacial score (nSPS) is 18.9. The molecule has 0 aromatic carbocycles. The number of carbonyl (C=O) groups is 2. The maximum atomic E-state index is 12.2. The third kappa shape index (κ3) is 6.40. The van der Waals surface area contributed by atoms with Crippen LogP contribution in [0.5, 0.6) is 0 Å². The number of aliphatic hydroxyl groups excluding tert-OH is 2. The Balaban J connectivity index is 0.000000220. The molecule has 0 saturated carbocycles. The number of pyridine rings is 2. The molecule has 4 rings (SSSR count). The molecule has 0 radical (unpaired) electrons. The lowest BCUT2D eigenvalue weighted by Gasteiger charge is -2.21. The number of nitrogens with zero attached hydrogens (tertiary/aromatic N) is 4. The largest absolute Gasteiger partial charge is 0.496 e. The highest BCUT2D eigenvalue weighted by molar-refractivity contribution is 6.09. The minimum atomic E-state index is -1.12. The van der Waals surface area contributed by atoms with E-state index >= 15 is 0 Å². The van der Waals surface area contributed by atoms with Crippen molar-refractivity contribution >= 4 is 29.5 Å². The molecule has 214 valence electrons. The van der Waals surface area contributed by atoms with Gasteiger partial charge < -0.3 is 19.7 Å². The van der Waals surface area contributed by atoms with Gasteiger partial charge in [-0.25, -0.2) is 9.97 Å². The molecular formula is C30H38N4O6. The molecule has 0 spiro atoms. The first kappa shape index (κ1) is 30.5.